The maximum atomic E-state index is 11.7. The number of ketones is 1. The fourth-order valence-electron chi connectivity index (χ4n) is 1.08. The maximum absolute atomic E-state index is 11.7. The van der Waals surface area contributed by atoms with Gasteiger partial charge in [0.15, 0.2) is 5.78 Å². The Hall–Kier alpha value is -1.20. The summed E-state index contributed by atoms with van der Waals surface area (Å²) in [4.78, 5) is 11.4. The summed E-state index contributed by atoms with van der Waals surface area (Å²) in [5, 5.41) is 0. The van der Waals surface area contributed by atoms with Crippen molar-refractivity contribution < 1.29 is 17.4 Å². The van der Waals surface area contributed by atoms with Crippen molar-refractivity contribution in [2.75, 3.05) is 6.61 Å². The SMILES string of the molecule is Cc1ccc(S(=O)(=O)OCC(=O)C(C)C)cc1. The van der Waals surface area contributed by atoms with Crippen LogP contribution < -0.4 is 0 Å². The second kappa shape index (κ2) is 5.42. The van der Waals surface area contributed by atoms with Crippen LogP contribution in [0.25, 0.3) is 0 Å². The fourth-order valence-corrected chi connectivity index (χ4v) is 1.95. The molecule has 0 bridgehead atoms. The Morgan fingerprint density at radius 3 is 2.24 bits per heavy atom. The molecule has 0 saturated heterocycles. The lowest BCUT2D eigenvalue weighted by Gasteiger charge is -2.06. The lowest BCUT2D eigenvalue weighted by molar-refractivity contribution is -0.123. The molecule has 0 atom stereocenters. The summed E-state index contributed by atoms with van der Waals surface area (Å²) in [5.41, 5.74) is 0.960. The van der Waals surface area contributed by atoms with E-state index in [0.717, 1.165) is 5.56 Å². The van der Waals surface area contributed by atoms with E-state index in [4.69, 9.17) is 4.18 Å². The minimum absolute atomic E-state index is 0.0691. The van der Waals surface area contributed by atoms with Crippen molar-refractivity contribution in [3.63, 3.8) is 0 Å². The minimum Gasteiger partial charge on any atom is -0.297 e. The van der Waals surface area contributed by atoms with E-state index in [1.807, 2.05) is 6.92 Å². The fraction of sp³-hybridized carbons (Fsp3) is 0.417. The molecule has 0 aliphatic rings. The third kappa shape index (κ3) is 3.94. The van der Waals surface area contributed by atoms with Crippen molar-refractivity contribution in [2.45, 2.75) is 25.7 Å². The van der Waals surface area contributed by atoms with E-state index in [9.17, 15) is 13.2 Å². The van der Waals surface area contributed by atoms with E-state index in [1.54, 1.807) is 26.0 Å². The maximum Gasteiger partial charge on any atom is 0.297 e. The predicted molar refractivity (Wildman–Crippen MR) is 64.2 cm³/mol. The molecule has 0 radical (unpaired) electrons. The van der Waals surface area contributed by atoms with E-state index in [2.05, 4.69) is 0 Å². The third-order valence-electron chi connectivity index (χ3n) is 2.31. The molecule has 0 heterocycles. The van der Waals surface area contributed by atoms with E-state index in [1.165, 1.54) is 12.1 Å². The van der Waals surface area contributed by atoms with Gasteiger partial charge in [0.25, 0.3) is 10.1 Å². The lowest BCUT2D eigenvalue weighted by Crippen LogP contribution is -2.18. The van der Waals surface area contributed by atoms with Gasteiger partial charge in [-0.15, -0.1) is 0 Å². The topological polar surface area (TPSA) is 60.4 Å². The van der Waals surface area contributed by atoms with Crippen LogP contribution in [0.3, 0.4) is 0 Å². The summed E-state index contributed by atoms with van der Waals surface area (Å²) in [6.07, 6.45) is 0. The van der Waals surface area contributed by atoms with Gasteiger partial charge in [-0.1, -0.05) is 31.5 Å². The van der Waals surface area contributed by atoms with E-state index in [0.29, 0.717) is 0 Å². The Morgan fingerprint density at radius 2 is 1.76 bits per heavy atom. The molecule has 5 heteroatoms. The molecular weight excluding hydrogens is 240 g/mol. The minimum atomic E-state index is -3.83. The third-order valence-corrected chi connectivity index (χ3v) is 3.59. The number of hydrogen-bond acceptors (Lipinski definition) is 4. The Kier molecular flexibility index (Phi) is 4.42. The van der Waals surface area contributed by atoms with Crippen molar-refractivity contribution in [1.82, 2.24) is 0 Å². The average Bonchev–Trinajstić information content (AvgIpc) is 2.26. The Morgan fingerprint density at radius 1 is 1.24 bits per heavy atom. The summed E-state index contributed by atoms with van der Waals surface area (Å²) in [7, 11) is -3.83. The van der Waals surface area contributed by atoms with Crippen LogP contribution in [0, 0.1) is 12.8 Å². The van der Waals surface area contributed by atoms with Gasteiger partial charge in [-0.3, -0.25) is 8.98 Å². The number of Topliss-reactive ketones (excluding diaryl/α,β-unsaturated/α-hetero) is 1. The Labute approximate surface area is 102 Å². The normalized spacial score (nSPS) is 11.8. The molecule has 0 unspecified atom stereocenters. The summed E-state index contributed by atoms with van der Waals surface area (Å²) >= 11 is 0. The van der Waals surface area contributed by atoms with Crippen molar-refractivity contribution in [3.05, 3.63) is 29.8 Å². The number of benzene rings is 1. The quantitative estimate of drug-likeness (QED) is 0.755. The van der Waals surface area contributed by atoms with Crippen molar-refractivity contribution in [3.8, 4) is 0 Å². The van der Waals surface area contributed by atoms with Gasteiger partial charge in [0.05, 0.1) is 4.90 Å². The Balaban J connectivity index is 2.76. The van der Waals surface area contributed by atoms with Crippen LogP contribution in [0.15, 0.2) is 29.2 Å². The van der Waals surface area contributed by atoms with Gasteiger partial charge in [0.2, 0.25) is 0 Å². The molecule has 1 rings (SSSR count). The van der Waals surface area contributed by atoms with Gasteiger partial charge in [-0.2, -0.15) is 8.42 Å². The molecule has 94 valence electrons. The number of aryl methyl sites for hydroxylation is 1. The highest BCUT2D eigenvalue weighted by Crippen LogP contribution is 2.13. The second-order valence-corrected chi connectivity index (χ2v) is 5.77. The van der Waals surface area contributed by atoms with Gasteiger partial charge < -0.3 is 0 Å². The highest BCUT2D eigenvalue weighted by Gasteiger charge is 2.18. The molecule has 17 heavy (non-hydrogen) atoms. The molecule has 0 spiro atoms. The van der Waals surface area contributed by atoms with Crippen LogP contribution in [-0.4, -0.2) is 20.8 Å². The number of rotatable bonds is 5. The molecule has 0 aromatic heterocycles. The van der Waals surface area contributed by atoms with Crippen LogP contribution in [0.1, 0.15) is 19.4 Å². The zero-order valence-corrected chi connectivity index (χ0v) is 11.0. The van der Waals surface area contributed by atoms with Gasteiger partial charge in [0, 0.05) is 5.92 Å². The van der Waals surface area contributed by atoms with Gasteiger partial charge >= 0.3 is 0 Å². The van der Waals surface area contributed by atoms with Crippen molar-refractivity contribution in [1.29, 1.82) is 0 Å². The number of carbonyl (C=O) groups is 1. The zero-order chi connectivity index (χ0) is 13.1. The van der Waals surface area contributed by atoms with Crippen molar-refractivity contribution in [2.24, 2.45) is 5.92 Å². The second-order valence-electron chi connectivity index (χ2n) is 4.15. The summed E-state index contributed by atoms with van der Waals surface area (Å²) < 4.78 is 28.1. The summed E-state index contributed by atoms with van der Waals surface area (Å²) in [6.45, 7) is 4.85. The van der Waals surface area contributed by atoms with Gasteiger partial charge in [0.1, 0.15) is 6.61 Å². The molecule has 4 nitrogen and oxygen atoms in total. The molecule has 1 aromatic rings. The first kappa shape index (κ1) is 13.9. The lowest BCUT2D eigenvalue weighted by atomic mass is 10.1. The van der Waals surface area contributed by atoms with Crippen LogP contribution in [0.4, 0.5) is 0 Å². The first-order valence-electron chi connectivity index (χ1n) is 5.32. The zero-order valence-electron chi connectivity index (χ0n) is 10.1. The van der Waals surface area contributed by atoms with Crippen LogP contribution in [0.2, 0.25) is 0 Å². The smallest absolute Gasteiger partial charge is 0.297 e. The van der Waals surface area contributed by atoms with Crippen molar-refractivity contribution >= 4 is 15.9 Å². The number of hydrogen-bond donors (Lipinski definition) is 0. The molecule has 0 aliphatic heterocycles. The first-order valence-corrected chi connectivity index (χ1v) is 6.72. The monoisotopic (exact) mass is 256 g/mol. The largest absolute Gasteiger partial charge is 0.297 e. The molecule has 0 aliphatic carbocycles. The van der Waals surface area contributed by atoms with Gasteiger partial charge in [-0.25, -0.2) is 0 Å². The number of carbonyl (C=O) groups excluding carboxylic acids is 1. The van der Waals surface area contributed by atoms with E-state index in [-0.39, 0.29) is 16.6 Å². The Bertz CT molecular complexity index is 486. The molecule has 0 fully saturated rings. The molecular formula is C12H16O4S. The summed E-state index contributed by atoms with van der Waals surface area (Å²) in [6, 6.07) is 6.29. The van der Waals surface area contributed by atoms with Crippen LogP contribution >= 0.6 is 0 Å². The van der Waals surface area contributed by atoms with E-state index >= 15 is 0 Å². The van der Waals surface area contributed by atoms with E-state index < -0.39 is 16.7 Å². The molecule has 0 N–H and O–H groups in total. The van der Waals surface area contributed by atoms with Crippen LogP contribution in [-0.2, 0) is 19.1 Å². The standard InChI is InChI=1S/C12H16O4S/c1-9(2)12(13)8-16-17(14,15)11-6-4-10(3)5-7-11/h4-7,9H,8H2,1-3H3. The van der Waals surface area contributed by atoms with Crippen LogP contribution in [0.5, 0.6) is 0 Å². The predicted octanol–water partition coefficient (Wildman–Crippen LogP) is 1.93. The molecule has 1 aromatic carbocycles. The van der Waals surface area contributed by atoms with Gasteiger partial charge in [-0.05, 0) is 19.1 Å². The highest BCUT2D eigenvalue weighted by molar-refractivity contribution is 7.86. The molecule has 0 amide bonds. The highest BCUT2D eigenvalue weighted by atomic mass is 32.2. The first-order chi connectivity index (χ1) is 7.83. The molecule has 0 saturated carbocycles. The summed E-state index contributed by atoms with van der Waals surface area (Å²) in [5.74, 6) is -0.469. The average molecular weight is 256 g/mol.